The van der Waals surface area contributed by atoms with Gasteiger partial charge in [-0.3, -0.25) is 9.59 Å². The minimum atomic E-state index is -4.46. The van der Waals surface area contributed by atoms with Crippen LogP contribution in [0.25, 0.3) is 0 Å². The van der Waals surface area contributed by atoms with E-state index in [1.165, 1.54) is 12.1 Å². The molecule has 1 N–H and O–H groups in total. The summed E-state index contributed by atoms with van der Waals surface area (Å²) in [7, 11) is 1.75. The number of hydrogen-bond donors (Lipinski definition) is 1. The van der Waals surface area contributed by atoms with E-state index in [0.29, 0.717) is 62.0 Å². The number of benzene rings is 4. The lowest BCUT2D eigenvalue weighted by atomic mass is 9.69. The number of ether oxygens (including phenoxy) is 1. The molecule has 5 rings (SSSR count). The molecule has 4 aromatic carbocycles. The van der Waals surface area contributed by atoms with E-state index < -0.39 is 29.2 Å². The van der Waals surface area contributed by atoms with E-state index in [1.54, 1.807) is 36.2 Å². The number of carbonyl (C=O) groups excluding carboxylic acids is 2. The first-order chi connectivity index (χ1) is 23.9. The molecule has 1 aliphatic rings. The summed E-state index contributed by atoms with van der Waals surface area (Å²) < 4.78 is 46.6. The zero-order valence-corrected chi connectivity index (χ0v) is 29.0. The Morgan fingerprint density at radius 2 is 1.52 bits per heavy atom. The molecule has 50 heavy (non-hydrogen) atoms. The van der Waals surface area contributed by atoms with Crippen molar-refractivity contribution in [3.63, 3.8) is 0 Å². The van der Waals surface area contributed by atoms with Crippen LogP contribution in [-0.2, 0) is 22.7 Å². The molecule has 1 fully saturated rings. The van der Waals surface area contributed by atoms with Gasteiger partial charge in [0.05, 0.1) is 17.7 Å². The number of aliphatic hydroxyl groups is 1. The maximum Gasteiger partial charge on any atom is 0.416 e. The SMILES string of the molecule is Cc1cc(C(=O)C[C@@H](Cc2ccccc2)[C@H](O)CCC2(c3cccc(C(F)(F)F)c3)CCOCC2)cc(C(=O)N(C)[C@H](C)c2ccccc2)c1. The minimum absolute atomic E-state index is 0.0447. The van der Waals surface area contributed by atoms with Gasteiger partial charge in [-0.15, -0.1) is 0 Å². The summed E-state index contributed by atoms with van der Waals surface area (Å²) in [5.74, 6) is -0.833. The second-order valence-electron chi connectivity index (χ2n) is 13.7. The first-order valence-electron chi connectivity index (χ1n) is 17.3. The zero-order valence-electron chi connectivity index (χ0n) is 29.0. The standard InChI is InChI=1S/C42H46F3NO4/c1-29-23-33(26-35(24-29)40(49)46(3)30(2)32-13-8-5-9-14-32)39(48)27-34(25-31-11-6-4-7-12-31)38(47)17-18-41(19-21-50-22-20-41)36-15-10-16-37(28-36)42(43,44)45/h4-16,23-24,26,28,30,34,38,47H,17-22,25,27H2,1-3H3/t30-,34-,38-/m1/s1. The number of carbonyl (C=O) groups is 2. The lowest BCUT2D eigenvalue weighted by Crippen LogP contribution is -2.36. The molecule has 0 bridgehead atoms. The highest BCUT2D eigenvalue weighted by Crippen LogP contribution is 2.42. The molecule has 264 valence electrons. The van der Waals surface area contributed by atoms with Crippen LogP contribution in [-0.4, -0.2) is 48.1 Å². The van der Waals surface area contributed by atoms with Gasteiger partial charge in [-0.1, -0.05) is 78.9 Å². The van der Waals surface area contributed by atoms with Gasteiger partial charge >= 0.3 is 6.18 Å². The number of aryl methyl sites for hydroxylation is 1. The largest absolute Gasteiger partial charge is 0.416 e. The van der Waals surface area contributed by atoms with Crippen LogP contribution >= 0.6 is 0 Å². The molecule has 3 atom stereocenters. The number of amides is 1. The molecule has 0 spiro atoms. The van der Waals surface area contributed by atoms with Gasteiger partial charge in [0.15, 0.2) is 5.78 Å². The Balaban J connectivity index is 1.36. The van der Waals surface area contributed by atoms with Crippen molar-refractivity contribution >= 4 is 11.7 Å². The number of Topliss-reactive ketones (excluding diaryl/α,β-unsaturated/α-hetero) is 1. The molecule has 1 heterocycles. The van der Waals surface area contributed by atoms with Crippen LogP contribution in [0, 0.1) is 12.8 Å². The molecular weight excluding hydrogens is 639 g/mol. The normalized spacial score (nSPS) is 16.3. The zero-order chi connectivity index (χ0) is 35.9. The second kappa shape index (κ2) is 16.2. The summed E-state index contributed by atoms with van der Waals surface area (Å²) in [5.41, 5.74) is 2.90. The van der Waals surface area contributed by atoms with Crippen LogP contribution in [0.3, 0.4) is 0 Å². The number of hydrogen-bond acceptors (Lipinski definition) is 4. The van der Waals surface area contributed by atoms with Crippen molar-refractivity contribution in [2.45, 2.75) is 76.1 Å². The quantitative estimate of drug-likeness (QED) is 0.143. The first kappa shape index (κ1) is 37.0. The van der Waals surface area contributed by atoms with E-state index in [4.69, 9.17) is 4.74 Å². The average molecular weight is 686 g/mol. The van der Waals surface area contributed by atoms with Crippen LogP contribution in [0.1, 0.15) is 93.6 Å². The lowest BCUT2D eigenvalue weighted by Gasteiger charge is -2.39. The minimum Gasteiger partial charge on any atom is -0.393 e. The molecule has 5 nitrogen and oxygen atoms in total. The van der Waals surface area contributed by atoms with Crippen molar-refractivity contribution in [3.8, 4) is 0 Å². The molecule has 0 aromatic heterocycles. The Morgan fingerprint density at radius 1 is 0.880 bits per heavy atom. The van der Waals surface area contributed by atoms with Crippen LogP contribution in [0.4, 0.5) is 13.2 Å². The second-order valence-corrected chi connectivity index (χ2v) is 13.7. The van der Waals surface area contributed by atoms with E-state index in [0.717, 1.165) is 22.8 Å². The fraction of sp³-hybridized carbons (Fsp3) is 0.381. The molecule has 0 unspecified atom stereocenters. The van der Waals surface area contributed by atoms with Crippen LogP contribution in [0.5, 0.6) is 0 Å². The molecule has 8 heteroatoms. The van der Waals surface area contributed by atoms with Gasteiger partial charge in [0, 0.05) is 37.8 Å². The Labute approximate surface area is 293 Å². The van der Waals surface area contributed by atoms with E-state index in [1.807, 2.05) is 74.5 Å². The van der Waals surface area contributed by atoms with Crippen LogP contribution < -0.4 is 0 Å². The van der Waals surface area contributed by atoms with E-state index in [2.05, 4.69) is 0 Å². The fourth-order valence-corrected chi connectivity index (χ4v) is 7.15. The fourth-order valence-electron chi connectivity index (χ4n) is 7.15. The third kappa shape index (κ3) is 9.09. The number of aliphatic hydroxyl groups excluding tert-OH is 1. The highest BCUT2D eigenvalue weighted by Gasteiger charge is 2.38. The van der Waals surface area contributed by atoms with Gasteiger partial charge in [0.2, 0.25) is 0 Å². The summed E-state index contributed by atoms with van der Waals surface area (Å²) in [5, 5.41) is 11.8. The summed E-state index contributed by atoms with van der Waals surface area (Å²) in [6, 6.07) is 29.9. The highest BCUT2D eigenvalue weighted by molar-refractivity contribution is 6.01. The highest BCUT2D eigenvalue weighted by atomic mass is 19.4. The summed E-state index contributed by atoms with van der Waals surface area (Å²) in [6.45, 7) is 4.66. The van der Waals surface area contributed by atoms with Crippen molar-refractivity contribution in [3.05, 3.63) is 142 Å². The topological polar surface area (TPSA) is 66.8 Å². The Bertz CT molecular complexity index is 1740. The number of nitrogens with zero attached hydrogens (tertiary/aromatic N) is 1. The van der Waals surface area contributed by atoms with Gasteiger partial charge in [-0.2, -0.15) is 13.2 Å². The number of alkyl halides is 3. The molecular formula is C42H46F3NO4. The predicted octanol–water partition coefficient (Wildman–Crippen LogP) is 9.17. The maximum absolute atomic E-state index is 14.0. The van der Waals surface area contributed by atoms with E-state index in [9.17, 15) is 27.9 Å². The third-order valence-electron chi connectivity index (χ3n) is 10.3. The van der Waals surface area contributed by atoms with Gasteiger partial charge in [-0.25, -0.2) is 0 Å². The summed E-state index contributed by atoms with van der Waals surface area (Å²) >= 11 is 0. The van der Waals surface area contributed by atoms with Gasteiger partial charge < -0.3 is 14.7 Å². The van der Waals surface area contributed by atoms with Crippen LogP contribution in [0.2, 0.25) is 0 Å². The monoisotopic (exact) mass is 685 g/mol. The van der Waals surface area contributed by atoms with Gasteiger partial charge in [0.25, 0.3) is 5.91 Å². The Morgan fingerprint density at radius 3 is 2.18 bits per heavy atom. The van der Waals surface area contributed by atoms with Crippen molar-refractivity contribution < 1.29 is 32.6 Å². The van der Waals surface area contributed by atoms with Crippen molar-refractivity contribution in [1.82, 2.24) is 4.90 Å². The molecule has 0 radical (unpaired) electrons. The average Bonchev–Trinajstić information content (AvgIpc) is 3.13. The molecule has 1 saturated heterocycles. The summed E-state index contributed by atoms with van der Waals surface area (Å²) in [6.07, 6.45) is -3.02. The van der Waals surface area contributed by atoms with Gasteiger partial charge in [0.1, 0.15) is 0 Å². The molecule has 1 aliphatic heterocycles. The van der Waals surface area contributed by atoms with Crippen LogP contribution in [0.15, 0.2) is 103 Å². The number of halogens is 3. The molecule has 0 aliphatic carbocycles. The van der Waals surface area contributed by atoms with E-state index in [-0.39, 0.29) is 24.2 Å². The maximum atomic E-state index is 14.0. The number of ketones is 1. The number of rotatable bonds is 13. The van der Waals surface area contributed by atoms with Crippen molar-refractivity contribution in [1.29, 1.82) is 0 Å². The smallest absolute Gasteiger partial charge is 0.393 e. The molecule has 0 saturated carbocycles. The molecule has 4 aromatic rings. The Hall–Kier alpha value is -4.27. The predicted molar refractivity (Wildman–Crippen MR) is 189 cm³/mol. The lowest BCUT2D eigenvalue weighted by molar-refractivity contribution is -0.137. The third-order valence-corrected chi connectivity index (χ3v) is 10.3. The van der Waals surface area contributed by atoms with Gasteiger partial charge in [-0.05, 0) is 104 Å². The van der Waals surface area contributed by atoms with Crippen molar-refractivity contribution in [2.75, 3.05) is 20.3 Å². The Kier molecular flexibility index (Phi) is 12.0. The van der Waals surface area contributed by atoms with E-state index >= 15 is 0 Å². The van der Waals surface area contributed by atoms with Crippen molar-refractivity contribution in [2.24, 2.45) is 5.92 Å². The molecule has 1 amide bonds. The summed E-state index contributed by atoms with van der Waals surface area (Å²) in [4.78, 5) is 29.2. The first-order valence-corrected chi connectivity index (χ1v) is 17.3.